The van der Waals surface area contributed by atoms with Gasteiger partial charge >= 0.3 is 6.09 Å². The molecule has 1 unspecified atom stereocenters. The van der Waals surface area contributed by atoms with Crippen LogP contribution in [-0.4, -0.2) is 45.9 Å². The lowest BCUT2D eigenvalue weighted by Crippen LogP contribution is -2.41. The Labute approximate surface area is 149 Å². The summed E-state index contributed by atoms with van der Waals surface area (Å²) in [5.74, 6) is 0.189. The van der Waals surface area contributed by atoms with E-state index in [0.717, 1.165) is 12.8 Å². The van der Waals surface area contributed by atoms with E-state index >= 15 is 0 Å². The third-order valence-corrected chi connectivity index (χ3v) is 4.86. The highest BCUT2D eigenvalue weighted by molar-refractivity contribution is 5.89. The van der Waals surface area contributed by atoms with Crippen molar-refractivity contribution >= 4 is 17.8 Å². The molecule has 26 heavy (non-hydrogen) atoms. The molecule has 0 radical (unpaired) electrons. The molecule has 0 bridgehead atoms. The van der Waals surface area contributed by atoms with Crippen LogP contribution in [0.3, 0.4) is 0 Å². The number of rotatable bonds is 4. The number of carbonyl (C=O) groups is 2. The van der Waals surface area contributed by atoms with Crippen molar-refractivity contribution in [3.8, 4) is 5.69 Å². The number of piperidine rings is 1. The van der Waals surface area contributed by atoms with Crippen molar-refractivity contribution < 1.29 is 18.7 Å². The lowest BCUT2D eigenvalue weighted by Gasteiger charge is -2.31. The first-order valence-electron chi connectivity index (χ1n) is 8.63. The largest absolute Gasteiger partial charge is 0.447 e. The topological polar surface area (TPSA) is 76.5 Å². The van der Waals surface area contributed by atoms with E-state index in [1.54, 1.807) is 29.3 Å². The second-order valence-corrected chi connectivity index (χ2v) is 6.69. The summed E-state index contributed by atoms with van der Waals surface area (Å²) >= 11 is 0. The van der Waals surface area contributed by atoms with Crippen LogP contribution in [0.5, 0.6) is 0 Å². The molecule has 2 saturated heterocycles. The molecule has 0 spiro atoms. The minimum absolute atomic E-state index is 0.0845. The third-order valence-electron chi connectivity index (χ3n) is 4.86. The first-order valence-corrected chi connectivity index (χ1v) is 8.63. The number of hydrogen-bond acceptors (Lipinski definition) is 4. The Balaban J connectivity index is 1.33. The monoisotopic (exact) mass is 358 g/mol. The van der Waals surface area contributed by atoms with Crippen molar-refractivity contribution in [2.24, 2.45) is 5.92 Å². The summed E-state index contributed by atoms with van der Waals surface area (Å²) in [6.45, 7) is 1.05. The van der Waals surface area contributed by atoms with Gasteiger partial charge in [0.2, 0.25) is 5.91 Å². The van der Waals surface area contributed by atoms with E-state index < -0.39 is 0 Å². The quantitative estimate of drug-likeness (QED) is 0.911. The fraction of sp³-hybridized carbons (Fsp3) is 0.389. The number of fused-ring (bicyclic) bond motifs is 1. The minimum Gasteiger partial charge on any atom is -0.447 e. The van der Waals surface area contributed by atoms with Crippen molar-refractivity contribution in [2.75, 3.05) is 18.5 Å². The Hall–Kier alpha value is -2.90. The summed E-state index contributed by atoms with van der Waals surface area (Å²) in [5.41, 5.74) is 0.587. The molecular formula is C18H19FN4O3. The molecule has 2 atom stereocenters. The standard InChI is InChI=1S/C18H19FN4O3/c19-13-2-1-3-14(10-13)23-7-5-16(21-23)20-17(24)9-12-4-6-22-15(8-12)11-26-18(22)25/h1-3,5,7,10,12,15H,4,6,8-9,11H2,(H,20,21,24)/t12-,15?/m0/s1. The Morgan fingerprint density at radius 3 is 3.12 bits per heavy atom. The Kier molecular flexibility index (Phi) is 4.32. The van der Waals surface area contributed by atoms with Crippen molar-refractivity contribution in [2.45, 2.75) is 25.3 Å². The average Bonchev–Trinajstić information content (AvgIpc) is 3.22. The van der Waals surface area contributed by atoms with Crippen LogP contribution in [0.4, 0.5) is 15.0 Å². The first-order chi connectivity index (χ1) is 12.6. The molecule has 7 nitrogen and oxygen atoms in total. The van der Waals surface area contributed by atoms with Gasteiger partial charge in [0.15, 0.2) is 5.82 Å². The van der Waals surface area contributed by atoms with Crippen molar-refractivity contribution in [3.63, 3.8) is 0 Å². The van der Waals surface area contributed by atoms with Crippen LogP contribution in [0, 0.1) is 11.7 Å². The van der Waals surface area contributed by atoms with E-state index in [1.165, 1.54) is 16.8 Å². The Morgan fingerprint density at radius 2 is 2.27 bits per heavy atom. The van der Waals surface area contributed by atoms with Gasteiger partial charge in [-0.15, -0.1) is 0 Å². The second-order valence-electron chi connectivity index (χ2n) is 6.69. The number of ether oxygens (including phenoxy) is 1. The van der Waals surface area contributed by atoms with E-state index in [2.05, 4.69) is 10.4 Å². The summed E-state index contributed by atoms with van der Waals surface area (Å²) in [7, 11) is 0. The number of nitrogens with one attached hydrogen (secondary N) is 1. The van der Waals surface area contributed by atoms with Crippen LogP contribution in [0.15, 0.2) is 36.5 Å². The molecule has 136 valence electrons. The summed E-state index contributed by atoms with van der Waals surface area (Å²) in [6.07, 6.45) is 3.37. The normalized spacial score (nSPS) is 22.0. The third kappa shape index (κ3) is 3.40. The van der Waals surface area contributed by atoms with E-state index in [4.69, 9.17) is 4.74 Å². The van der Waals surface area contributed by atoms with Gasteiger partial charge in [-0.05, 0) is 37.0 Å². The molecule has 1 aromatic heterocycles. The number of nitrogens with zero attached hydrogens (tertiary/aromatic N) is 3. The van der Waals surface area contributed by atoms with Gasteiger partial charge in [0.1, 0.15) is 12.4 Å². The van der Waals surface area contributed by atoms with Gasteiger partial charge in [0.05, 0.1) is 11.7 Å². The lowest BCUT2D eigenvalue weighted by atomic mass is 9.89. The molecule has 8 heteroatoms. The van der Waals surface area contributed by atoms with Gasteiger partial charge in [-0.3, -0.25) is 4.79 Å². The fourth-order valence-electron chi connectivity index (χ4n) is 3.58. The van der Waals surface area contributed by atoms with Crippen molar-refractivity contribution in [1.82, 2.24) is 14.7 Å². The van der Waals surface area contributed by atoms with E-state index in [-0.39, 0.29) is 29.8 Å². The van der Waals surface area contributed by atoms with Gasteiger partial charge in [-0.1, -0.05) is 6.07 Å². The SMILES string of the molecule is O=C(C[C@H]1CCN2C(=O)OCC2C1)Nc1ccn(-c2cccc(F)c2)n1. The maximum Gasteiger partial charge on any atom is 0.410 e. The van der Waals surface area contributed by atoms with Gasteiger partial charge < -0.3 is 15.0 Å². The van der Waals surface area contributed by atoms with Crippen LogP contribution >= 0.6 is 0 Å². The number of hydrogen-bond donors (Lipinski definition) is 1. The lowest BCUT2D eigenvalue weighted by molar-refractivity contribution is -0.117. The predicted molar refractivity (Wildman–Crippen MR) is 91.3 cm³/mol. The number of aromatic nitrogens is 2. The van der Waals surface area contributed by atoms with E-state index in [1.807, 2.05) is 0 Å². The number of cyclic esters (lactones) is 1. The predicted octanol–water partition coefficient (Wildman–Crippen LogP) is 2.57. The average molecular weight is 358 g/mol. The number of amides is 2. The van der Waals surface area contributed by atoms with Gasteiger partial charge in [-0.25, -0.2) is 13.9 Å². The minimum atomic E-state index is -0.343. The molecule has 2 amide bonds. The highest BCUT2D eigenvalue weighted by atomic mass is 19.1. The Morgan fingerprint density at radius 1 is 1.38 bits per heavy atom. The molecule has 1 N–H and O–H groups in total. The van der Waals surface area contributed by atoms with E-state index in [9.17, 15) is 14.0 Å². The molecule has 4 rings (SSSR count). The molecule has 1 aromatic carbocycles. The smallest absolute Gasteiger partial charge is 0.410 e. The summed E-state index contributed by atoms with van der Waals surface area (Å²) in [6, 6.07) is 7.84. The van der Waals surface area contributed by atoms with Crippen LogP contribution in [0.1, 0.15) is 19.3 Å². The zero-order chi connectivity index (χ0) is 18.1. The Bertz CT molecular complexity index is 837. The molecule has 3 heterocycles. The van der Waals surface area contributed by atoms with E-state index in [0.29, 0.717) is 31.1 Å². The molecular weight excluding hydrogens is 339 g/mol. The van der Waals surface area contributed by atoms with Crippen LogP contribution in [0.25, 0.3) is 5.69 Å². The number of benzene rings is 1. The maximum atomic E-state index is 13.3. The van der Waals surface area contributed by atoms with Gasteiger partial charge in [-0.2, -0.15) is 5.10 Å². The van der Waals surface area contributed by atoms with Crippen LogP contribution in [0.2, 0.25) is 0 Å². The van der Waals surface area contributed by atoms with Gasteiger partial charge in [0, 0.05) is 25.2 Å². The number of anilines is 1. The van der Waals surface area contributed by atoms with Crippen LogP contribution in [-0.2, 0) is 9.53 Å². The van der Waals surface area contributed by atoms with Gasteiger partial charge in [0.25, 0.3) is 0 Å². The summed E-state index contributed by atoms with van der Waals surface area (Å²) < 4.78 is 19.9. The molecule has 2 aliphatic heterocycles. The summed E-state index contributed by atoms with van der Waals surface area (Å²) in [5, 5.41) is 7.05. The highest BCUT2D eigenvalue weighted by Gasteiger charge is 2.38. The van der Waals surface area contributed by atoms with Crippen LogP contribution < -0.4 is 5.32 Å². The molecule has 2 aromatic rings. The first kappa shape index (κ1) is 16.6. The zero-order valence-electron chi connectivity index (χ0n) is 14.1. The second kappa shape index (κ2) is 6.78. The maximum absolute atomic E-state index is 13.3. The molecule has 2 fully saturated rings. The highest BCUT2D eigenvalue weighted by Crippen LogP contribution is 2.29. The summed E-state index contributed by atoms with van der Waals surface area (Å²) in [4.78, 5) is 25.6. The molecule has 2 aliphatic rings. The zero-order valence-corrected chi connectivity index (χ0v) is 14.1. The fourth-order valence-corrected chi connectivity index (χ4v) is 3.58. The van der Waals surface area contributed by atoms with Crippen molar-refractivity contribution in [1.29, 1.82) is 0 Å². The molecule has 0 saturated carbocycles. The molecule has 0 aliphatic carbocycles. The van der Waals surface area contributed by atoms with Crippen molar-refractivity contribution in [3.05, 3.63) is 42.3 Å². The number of carbonyl (C=O) groups excluding carboxylic acids is 2. The number of halogens is 1.